The molecule has 1 atom stereocenters. The Kier molecular flexibility index (Phi) is 4.03. The number of furan rings is 1. The van der Waals surface area contributed by atoms with Crippen LogP contribution in [-0.2, 0) is 10.0 Å². The largest absolute Gasteiger partial charge is 0.465 e. The van der Waals surface area contributed by atoms with E-state index < -0.39 is 21.6 Å². The molecular weight excluding hydrogens is 304 g/mol. The fourth-order valence-electron chi connectivity index (χ4n) is 1.64. The minimum Gasteiger partial charge on any atom is -0.465 e. The number of hydrogen-bond acceptors (Lipinski definition) is 4. The van der Waals surface area contributed by atoms with Crippen molar-refractivity contribution in [2.24, 2.45) is 0 Å². The lowest BCUT2D eigenvalue weighted by Gasteiger charge is -2.12. The molecule has 2 rings (SSSR count). The normalized spacial score (nSPS) is 13.3. The van der Waals surface area contributed by atoms with Gasteiger partial charge in [0, 0.05) is 6.20 Å². The van der Waals surface area contributed by atoms with E-state index >= 15 is 0 Å². The van der Waals surface area contributed by atoms with E-state index in [9.17, 15) is 13.2 Å². The molecule has 0 fully saturated rings. The number of H-pyrrole nitrogens is 1. The lowest BCUT2D eigenvalue weighted by atomic mass is 10.3. The van der Waals surface area contributed by atoms with Crippen LogP contribution < -0.4 is 10.3 Å². The summed E-state index contributed by atoms with van der Waals surface area (Å²) in [6, 6.07) is 4.00. The highest BCUT2D eigenvalue weighted by atomic mass is 35.5. The number of halogens is 1. The molecule has 108 valence electrons. The molecule has 0 saturated carbocycles. The van der Waals surface area contributed by atoms with Crippen LogP contribution in [0.3, 0.4) is 0 Å². The van der Waals surface area contributed by atoms with Gasteiger partial charge in [-0.2, -0.15) is 0 Å². The molecule has 20 heavy (non-hydrogen) atoms. The van der Waals surface area contributed by atoms with Gasteiger partial charge in [0.2, 0.25) is 10.0 Å². The lowest BCUT2D eigenvalue weighted by Crippen LogP contribution is -2.27. The highest BCUT2D eigenvalue weighted by Crippen LogP contribution is 2.19. The van der Waals surface area contributed by atoms with Crippen LogP contribution >= 0.6 is 11.6 Å². The third kappa shape index (κ3) is 3.12. The van der Waals surface area contributed by atoms with Crippen molar-refractivity contribution in [3.05, 3.63) is 51.3 Å². The van der Waals surface area contributed by atoms with Crippen molar-refractivity contribution < 1.29 is 12.8 Å². The van der Waals surface area contributed by atoms with E-state index in [0.717, 1.165) is 12.3 Å². The molecule has 0 aliphatic heterocycles. The Balaban J connectivity index is 2.26. The Morgan fingerprint density at radius 3 is 2.65 bits per heavy atom. The average molecular weight is 317 g/mol. The third-order valence-electron chi connectivity index (χ3n) is 2.66. The molecule has 0 aromatic carbocycles. The van der Waals surface area contributed by atoms with E-state index in [1.807, 2.05) is 0 Å². The first-order valence-corrected chi connectivity index (χ1v) is 7.62. The fraction of sp³-hybridized carbons (Fsp3) is 0.250. The van der Waals surface area contributed by atoms with Crippen LogP contribution in [0.1, 0.15) is 24.5 Å². The summed E-state index contributed by atoms with van der Waals surface area (Å²) < 4.78 is 32.1. The minimum absolute atomic E-state index is 0.114. The van der Waals surface area contributed by atoms with Gasteiger partial charge in [-0.25, -0.2) is 13.1 Å². The summed E-state index contributed by atoms with van der Waals surface area (Å²) in [7, 11) is -3.80. The van der Waals surface area contributed by atoms with E-state index in [-0.39, 0.29) is 9.92 Å². The Hall–Kier alpha value is -1.57. The van der Waals surface area contributed by atoms with Gasteiger partial charge in [-0.15, -0.1) is 0 Å². The standard InChI is InChI=1S/C12H13ClN2O4S/c1-7-3-4-11(19-7)8(2)15-20(17,18)9-5-10(13)12(16)14-6-9/h3-6,8,15H,1-2H3,(H,14,16). The number of pyridine rings is 1. The maximum Gasteiger partial charge on any atom is 0.266 e. The summed E-state index contributed by atoms with van der Waals surface area (Å²) in [6.07, 6.45) is 1.09. The molecule has 0 radical (unpaired) electrons. The first-order chi connectivity index (χ1) is 9.29. The molecule has 2 heterocycles. The van der Waals surface area contributed by atoms with Gasteiger partial charge in [-0.05, 0) is 32.0 Å². The smallest absolute Gasteiger partial charge is 0.266 e. The zero-order valence-electron chi connectivity index (χ0n) is 10.8. The van der Waals surface area contributed by atoms with E-state index in [2.05, 4.69) is 9.71 Å². The van der Waals surface area contributed by atoms with Crippen LogP contribution in [0.2, 0.25) is 5.02 Å². The van der Waals surface area contributed by atoms with Crippen LogP contribution in [-0.4, -0.2) is 13.4 Å². The predicted octanol–water partition coefficient (Wildman–Crippen LogP) is 1.97. The Morgan fingerprint density at radius 2 is 2.10 bits per heavy atom. The van der Waals surface area contributed by atoms with Gasteiger partial charge in [0.05, 0.1) is 10.9 Å². The van der Waals surface area contributed by atoms with Crippen LogP contribution in [0.25, 0.3) is 0 Å². The molecule has 1 unspecified atom stereocenters. The van der Waals surface area contributed by atoms with Crippen molar-refractivity contribution in [3.63, 3.8) is 0 Å². The summed E-state index contributed by atoms with van der Waals surface area (Å²) in [6.45, 7) is 3.43. The molecular formula is C12H13ClN2O4S. The van der Waals surface area contributed by atoms with Crippen LogP contribution in [0.5, 0.6) is 0 Å². The van der Waals surface area contributed by atoms with E-state index in [1.165, 1.54) is 0 Å². The van der Waals surface area contributed by atoms with Crippen LogP contribution in [0.4, 0.5) is 0 Å². The van der Waals surface area contributed by atoms with E-state index in [1.54, 1.807) is 26.0 Å². The Bertz CT molecular complexity index is 779. The summed E-state index contributed by atoms with van der Waals surface area (Å²) >= 11 is 5.62. The molecule has 2 aromatic rings. The predicted molar refractivity (Wildman–Crippen MR) is 74.3 cm³/mol. The summed E-state index contributed by atoms with van der Waals surface area (Å²) in [5.41, 5.74) is -0.541. The molecule has 0 aliphatic carbocycles. The molecule has 0 bridgehead atoms. The van der Waals surface area contributed by atoms with Gasteiger partial charge in [-0.3, -0.25) is 4.79 Å². The molecule has 0 amide bonds. The number of rotatable bonds is 4. The van der Waals surface area contributed by atoms with Crippen molar-refractivity contribution in [2.75, 3.05) is 0 Å². The SMILES string of the molecule is Cc1ccc(C(C)NS(=O)(=O)c2c[nH]c(=O)c(Cl)c2)o1. The first-order valence-electron chi connectivity index (χ1n) is 5.76. The number of aryl methyl sites for hydroxylation is 1. The number of hydrogen-bond donors (Lipinski definition) is 2. The average Bonchev–Trinajstić information content (AvgIpc) is 2.79. The lowest BCUT2D eigenvalue weighted by molar-refractivity contribution is 0.441. The third-order valence-corrected chi connectivity index (χ3v) is 4.46. The quantitative estimate of drug-likeness (QED) is 0.902. The highest BCUT2D eigenvalue weighted by Gasteiger charge is 2.21. The van der Waals surface area contributed by atoms with Crippen LogP contribution in [0.15, 0.2) is 38.5 Å². The highest BCUT2D eigenvalue weighted by molar-refractivity contribution is 7.89. The molecule has 2 N–H and O–H groups in total. The van der Waals surface area contributed by atoms with Gasteiger partial charge in [0.1, 0.15) is 16.5 Å². The second kappa shape index (κ2) is 5.43. The number of aromatic nitrogens is 1. The number of nitrogens with one attached hydrogen (secondary N) is 2. The maximum atomic E-state index is 12.2. The second-order valence-corrected chi connectivity index (χ2v) is 6.43. The zero-order chi connectivity index (χ0) is 14.9. The monoisotopic (exact) mass is 316 g/mol. The van der Waals surface area contributed by atoms with Crippen molar-refractivity contribution >= 4 is 21.6 Å². The van der Waals surface area contributed by atoms with Gasteiger partial charge in [-0.1, -0.05) is 11.6 Å². The van der Waals surface area contributed by atoms with E-state index in [0.29, 0.717) is 11.5 Å². The topological polar surface area (TPSA) is 92.2 Å². The maximum absolute atomic E-state index is 12.2. The molecule has 6 nitrogen and oxygen atoms in total. The Labute approximate surface area is 120 Å². The Morgan fingerprint density at radius 1 is 1.40 bits per heavy atom. The summed E-state index contributed by atoms with van der Waals surface area (Å²) in [5, 5.41) is -0.186. The van der Waals surface area contributed by atoms with Gasteiger partial charge < -0.3 is 9.40 Å². The molecule has 8 heteroatoms. The van der Waals surface area contributed by atoms with Gasteiger partial charge >= 0.3 is 0 Å². The molecule has 2 aromatic heterocycles. The zero-order valence-corrected chi connectivity index (χ0v) is 12.4. The minimum atomic E-state index is -3.80. The van der Waals surface area contributed by atoms with Crippen molar-refractivity contribution in [1.29, 1.82) is 0 Å². The summed E-state index contributed by atoms with van der Waals surface area (Å²) in [5.74, 6) is 1.19. The van der Waals surface area contributed by atoms with Crippen LogP contribution in [0, 0.1) is 6.92 Å². The first kappa shape index (κ1) is 14.8. The van der Waals surface area contributed by atoms with Crippen molar-refractivity contribution in [3.8, 4) is 0 Å². The van der Waals surface area contributed by atoms with Crippen molar-refractivity contribution in [2.45, 2.75) is 24.8 Å². The number of aromatic amines is 1. The summed E-state index contributed by atoms with van der Waals surface area (Å²) in [4.78, 5) is 13.3. The number of sulfonamides is 1. The fourth-order valence-corrected chi connectivity index (χ4v) is 3.08. The second-order valence-electron chi connectivity index (χ2n) is 4.30. The van der Waals surface area contributed by atoms with Gasteiger partial charge in [0.25, 0.3) is 5.56 Å². The van der Waals surface area contributed by atoms with E-state index in [4.69, 9.17) is 16.0 Å². The van der Waals surface area contributed by atoms with Crippen molar-refractivity contribution in [1.82, 2.24) is 9.71 Å². The molecule has 0 aliphatic rings. The molecule has 0 spiro atoms. The van der Waals surface area contributed by atoms with Gasteiger partial charge in [0.15, 0.2) is 0 Å². The molecule has 0 saturated heterocycles.